The van der Waals surface area contributed by atoms with Crippen molar-refractivity contribution in [2.45, 2.75) is 12.0 Å². The highest BCUT2D eigenvalue weighted by molar-refractivity contribution is 6.37. The van der Waals surface area contributed by atoms with Crippen molar-refractivity contribution >= 4 is 40.6 Å². The van der Waals surface area contributed by atoms with Crippen LogP contribution in [0, 0.1) is 0 Å². The number of carbonyl (C=O) groups excluding carboxylic acids is 2. The van der Waals surface area contributed by atoms with Crippen molar-refractivity contribution in [3.8, 4) is 11.5 Å². The van der Waals surface area contributed by atoms with Crippen molar-refractivity contribution in [3.05, 3.63) is 51.5 Å². The minimum absolute atomic E-state index is 0.111. The number of carbonyl (C=O) groups is 2. The molecule has 0 saturated heterocycles. The Kier molecular flexibility index (Phi) is 4.36. The van der Waals surface area contributed by atoms with Crippen LogP contribution in [0.15, 0.2) is 30.3 Å². The van der Waals surface area contributed by atoms with Gasteiger partial charge in [-0.25, -0.2) is 0 Å². The Bertz CT molecular complexity index is 899. The van der Waals surface area contributed by atoms with Gasteiger partial charge < -0.3 is 20.3 Å². The molecule has 1 atom stereocenters. The molecule has 0 fully saturated rings. The standard InChI is InChI=1S/C17H13Cl2NO5/c1-25-14-4-8(2-3-12(14)21)13(22)7-17(24)10-5-9(18)6-11(19)15(10)20-16(17)23/h2-6,21,24H,7H2,1H3,(H,20,23). The smallest absolute Gasteiger partial charge is 0.261 e. The average Bonchev–Trinajstić information content (AvgIpc) is 2.80. The highest BCUT2D eigenvalue weighted by Crippen LogP contribution is 2.44. The Balaban J connectivity index is 1.98. The summed E-state index contributed by atoms with van der Waals surface area (Å²) in [4.78, 5) is 24.8. The summed E-state index contributed by atoms with van der Waals surface area (Å²) in [6.45, 7) is 0. The zero-order valence-corrected chi connectivity index (χ0v) is 14.5. The molecule has 0 saturated carbocycles. The van der Waals surface area contributed by atoms with Crippen LogP contribution in [0.5, 0.6) is 11.5 Å². The van der Waals surface area contributed by atoms with E-state index in [0.29, 0.717) is 0 Å². The van der Waals surface area contributed by atoms with Crippen LogP contribution in [0.2, 0.25) is 10.0 Å². The number of benzene rings is 2. The number of phenols is 1. The first-order valence-corrected chi connectivity index (χ1v) is 7.95. The molecule has 1 amide bonds. The first-order valence-electron chi connectivity index (χ1n) is 7.20. The molecule has 1 unspecified atom stereocenters. The van der Waals surface area contributed by atoms with Crippen molar-refractivity contribution in [2.75, 3.05) is 12.4 Å². The van der Waals surface area contributed by atoms with Crippen LogP contribution in [0.3, 0.4) is 0 Å². The van der Waals surface area contributed by atoms with Gasteiger partial charge in [0.2, 0.25) is 0 Å². The van der Waals surface area contributed by atoms with Gasteiger partial charge in [-0.1, -0.05) is 23.2 Å². The van der Waals surface area contributed by atoms with Gasteiger partial charge >= 0.3 is 0 Å². The molecule has 130 valence electrons. The second kappa shape index (κ2) is 6.22. The summed E-state index contributed by atoms with van der Waals surface area (Å²) in [7, 11) is 1.35. The zero-order valence-electron chi connectivity index (χ0n) is 13.0. The summed E-state index contributed by atoms with van der Waals surface area (Å²) in [5.74, 6) is -1.29. The normalized spacial score (nSPS) is 18.6. The lowest BCUT2D eigenvalue weighted by Crippen LogP contribution is -2.36. The lowest BCUT2D eigenvalue weighted by Gasteiger charge is -2.20. The molecule has 0 aromatic heterocycles. The molecule has 0 bridgehead atoms. The van der Waals surface area contributed by atoms with Crippen molar-refractivity contribution in [1.82, 2.24) is 0 Å². The van der Waals surface area contributed by atoms with Crippen LogP contribution in [-0.4, -0.2) is 29.0 Å². The van der Waals surface area contributed by atoms with Crippen LogP contribution in [0.1, 0.15) is 22.3 Å². The molecule has 0 radical (unpaired) electrons. The number of aromatic hydroxyl groups is 1. The third-order valence-electron chi connectivity index (χ3n) is 4.03. The van der Waals surface area contributed by atoms with Crippen molar-refractivity contribution in [1.29, 1.82) is 0 Å². The zero-order chi connectivity index (χ0) is 18.4. The van der Waals surface area contributed by atoms with E-state index in [0.717, 1.165) is 0 Å². The number of phenolic OH excluding ortho intramolecular Hbond substituents is 1. The number of rotatable bonds is 4. The topological polar surface area (TPSA) is 95.9 Å². The van der Waals surface area contributed by atoms with Gasteiger partial charge in [0.1, 0.15) is 0 Å². The maximum Gasteiger partial charge on any atom is 0.261 e. The molecule has 8 heteroatoms. The van der Waals surface area contributed by atoms with E-state index >= 15 is 0 Å². The number of ether oxygens (including phenoxy) is 1. The lowest BCUT2D eigenvalue weighted by molar-refractivity contribution is -0.133. The van der Waals surface area contributed by atoms with Gasteiger partial charge in [-0.05, 0) is 30.3 Å². The summed E-state index contributed by atoms with van der Waals surface area (Å²) >= 11 is 12.0. The van der Waals surface area contributed by atoms with Crippen molar-refractivity contribution in [3.63, 3.8) is 0 Å². The summed E-state index contributed by atoms with van der Waals surface area (Å²) in [6, 6.07) is 6.83. The number of halogens is 2. The number of nitrogens with one attached hydrogen (secondary N) is 1. The van der Waals surface area contributed by atoms with Crippen LogP contribution >= 0.6 is 23.2 Å². The third-order valence-corrected chi connectivity index (χ3v) is 4.55. The molecule has 2 aromatic rings. The second-order valence-corrected chi connectivity index (χ2v) is 6.45. The van der Waals surface area contributed by atoms with Gasteiger partial charge in [0.15, 0.2) is 22.9 Å². The number of amides is 1. The summed E-state index contributed by atoms with van der Waals surface area (Å²) in [5.41, 5.74) is -1.53. The minimum atomic E-state index is -2.09. The molecule has 1 aliphatic heterocycles. The molecule has 1 heterocycles. The third kappa shape index (κ3) is 2.93. The SMILES string of the molecule is COc1cc(C(=O)CC2(O)C(=O)Nc3c(Cl)cc(Cl)cc32)ccc1O. The lowest BCUT2D eigenvalue weighted by atomic mass is 9.88. The molecule has 3 N–H and O–H groups in total. The Morgan fingerprint density at radius 3 is 2.68 bits per heavy atom. The molecular formula is C17H13Cl2NO5. The van der Waals surface area contributed by atoms with Crippen LogP contribution in [-0.2, 0) is 10.4 Å². The number of hydrogen-bond donors (Lipinski definition) is 3. The van der Waals surface area contributed by atoms with Gasteiger partial charge in [-0.15, -0.1) is 0 Å². The number of anilines is 1. The molecule has 0 spiro atoms. The maximum absolute atomic E-state index is 12.6. The predicted octanol–water partition coefficient (Wildman–Crippen LogP) is 3.12. The molecule has 2 aromatic carbocycles. The fourth-order valence-electron chi connectivity index (χ4n) is 2.73. The fraction of sp³-hybridized carbons (Fsp3) is 0.176. The summed E-state index contributed by atoms with van der Waals surface area (Å²) in [6.07, 6.45) is -0.517. The van der Waals surface area contributed by atoms with Gasteiger partial charge in [0.05, 0.1) is 24.2 Å². The molecule has 1 aliphatic rings. The van der Waals surface area contributed by atoms with E-state index in [1.165, 1.54) is 37.4 Å². The molecule has 0 aliphatic carbocycles. The van der Waals surface area contributed by atoms with E-state index in [1.807, 2.05) is 0 Å². The van der Waals surface area contributed by atoms with Crippen LogP contribution in [0.4, 0.5) is 5.69 Å². The largest absolute Gasteiger partial charge is 0.504 e. The number of ketones is 1. The first kappa shape index (κ1) is 17.5. The van der Waals surface area contributed by atoms with E-state index in [1.54, 1.807) is 0 Å². The van der Waals surface area contributed by atoms with E-state index in [9.17, 15) is 19.8 Å². The molecule has 25 heavy (non-hydrogen) atoms. The van der Waals surface area contributed by atoms with E-state index in [2.05, 4.69) is 5.32 Å². The van der Waals surface area contributed by atoms with Gasteiger partial charge in [-0.2, -0.15) is 0 Å². The Labute approximate surface area is 152 Å². The maximum atomic E-state index is 12.6. The van der Waals surface area contributed by atoms with E-state index in [-0.39, 0.29) is 38.4 Å². The number of methoxy groups -OCH3 is 1. The monoisotopic (exact) mass is 381 g/mol. The quantitative estimate of drug-likeness (QED) is 0.707. The van der Waals surface area contributed by atoms with Crippen LogP contribution in [0.25, 0.3) is 0 Å². The Morgan fingerprint density at radius 2 is 2.00 bits per heavy atom. The summed E-state index contributed by atoms with van der Waals surface area (Å²) < 4.78 is 4.96. The highest BCUT2D eigenvalue weighted by atomic mass is 35.5. The predicted molar refractivity (Wildman–Crippen MR) is 92.6 cm³/mol. The number of fused-ring (bicyclic) bond motifs is 1. The first-order chi connectivity index (χ1) is 11.8. The van der Waals surface area contributed by atoms with E-state index in [4.69, 9.17) is 27.9 Å². The molecule has 6 nitrogen and oxygen atoms in total. The highest BCUT2D eigenvalue weighted by Gasteiger charge is 2.47. The van der Waals surface area contributed by atoms with Crippen molar-refractivity contribution in [2.24, 2.45) is 0 Å². The van der Waals surface area contributed by atoms with Crippen molar-refractivity contribution < 1.29 is 24.5 Å². The Hall–Kier alpha value is -2.28. The van der Waals surface area contributed by atoms with Gasteiger partial charge in [0.25, 0.3) is 5.91 Å². The van der Waals surface area contributed by atoms with Gasteiger partial charge in [0, 0.05) is 16.1 Å². The number of aliphatic hydroxyl groups is 1. The average molecular weight is 382 g/mol. The minimum Gasteiger partial charge on any atom is -0.504 e. The van der Waals surface area contributed by atoms with Crippen LogP contribution < -0.4 is 10.1 Å². The van der Waals surface area contributed by atoms with E-state index < -0.39 is 23.7 Å². The van der Waals surface area contributed by atoms with Gasteiger partial charge in [-0.3, -0.25) is 9.59 Å². The number of hydrogen-bond acceptors (Lipinski definition) is 5. The fourth-order valence-corrected chi connectivity index (χ4v) is 3.27. The second-order valence-electron chi connectivity index (χ2n) is 5.61. The number of Topliss-reactive ketones (excluding diaryl/α,β-unsaturated/α-hetero) is 1. The molecule has 3 rings (SSSR count). The molecular weight excluding hydrogens is 369 g/mol. The Morgan fingerprint density at radius 1 is 1.28 bits per heavy atom. The summed E-state index contributed by atoms with van der Waals surface area (Å²) in [5, 5.41) is 23.3.